The lowest BCUT2D eigenvalue weighted by molar-refractivity contribution is -0.137. The van der Waals surface area contributed by atoms with E-state index in [0.29, 0.717) is 30.1 Å². The lowest BCUT2D eigenvalue weighted by Gasteiger charge is -2.28. The molecule has 14 heteroatoms. The lowest BCUT2D eigenvalue weighted by Crippen LogP contribution is -2.44. The van der Waals surface area contributed by atoms with E-state index in [1.54, 1.807) is 0 Å². The van der Waals surface area contributed by atoms with E-state index in [2.05, 4.69) is 46.5 Å². The van der Waals surface area contributed by atoms with Crippen molar-refractivity contribution in [3.8, 4) is 11.4 Å². The fourth-order valence-corrected chi connectivity index (χ4v) is 3.27. The Bertz CT molecular complexity index is 1140. The maximum Gasteiger partial charge on any atom is 0.417 e. The van der Waals surface area contributed by atoms with Gasteiger partial charge in [0.15, 0.2) is 5.82 Å². The number of aromatic nitrogens is 9. The molecule has 0 radical (unpaired) electrons. The highest BCUT2D eigenvalue weighted by Gasteiger charge is 2.36. The Balaban J connectivity index is 1.80. The van der Waals surface area contributed by atoms with Gasteiger partial charge in [-0.3, -0.25) is 0 Å². The van der Waals surface area contributed by atoms with Crippen molar-refractivity contribution in [2.75, 3.05) is 31.1 Å². The summed E-state index contributed by atoms with van der Waals surface area (Å²) >= 11 is 0. The minimum Gasteiger partial charge on any atom is -0.351 e. The molecular weight excluding hydrogens is 379 g/mol. The molecule has 28 heavy (non-hydrogen) atoms. The third-order valence-electron chi connectivity index (χ3n) is 4.55. The summed E-state index contributed by atoms with van der Waals surface area (Å²) in [6.45, 7) is 2.76. The fraction of sp³-hybridized carbons (Fsp3) is 0.357. The number of benzene rings is 1. The molecule has 3 aromatic heterocycles. The molecule has 2 N–H and O–H groups in total. The molecule has 0 unspecified atom stereocenters. The minimum absolute atomic E-state index is 0.118. The standard InChI is InChI=1S/C14H12F3N11/c15-14(16,17)8-6-9-10(5-7(8)11-20-23-24-21-11)28-13(22-25-26-28)12(19-9)27-3-1-18-2-4-27/h5-6,18H,1-4H2,(H,20,21,23,24). The van der Waals surface area contributed by atoms with Crippen LogP contribution in [-0.2, 0) is 6.18 Å². The molecular formula is C14H12F3N11. The summed E-state index contributed by atoms with van der Waals surface area (Å²) in [5.74, 6) is 0.265. The number of aromatic amines is 1. The van der Waals surface area contributed by atoms with Crippen LogP contribution in [0.25, 0.3) is 28.1 Å². The molecule has 1 aliphatic heterocycles. The first kappa shape index (κ1) is 16.7. The van der Waals surface area contributed by atoms with Crippen LogP contribution in [0.5, 0.6) is 0 Å². The number of fused-ring (bicyclic) bond motifs is 3. The van der Waals surface area contributed by atoms with Gasteiger partial charge in [0, 0.05) is 31.7 Å². The summed E-state index contributed by atoms with van der Waals surface area (Å²) < 4.78 is 42.5. The molecule has 1 aromatic carbocycles. The third-order valence-corrected chi connectivity index (χ3v) is 4.55. The molecule has 0 atom stereocenters. The Morgan fingerprint density at radius 3 is 2.61 bits per heavy atom. The SMILES string of the molecule is FC(F)(F)c1cc2nc(N3CCNCC3)c3nnnn3c2cc1-c1nn[nH]n1. The fourth-order valence-electron chi connectivity index (χ4n) is 3.27. The highest BCUT2D eigenvalue weighted by Crippen LogP contribution is 2.38. The number of hydrogen-bond donors (Lipinski definition) is 2. The van der Waals surface area contributed by atoms with Crippen LogP contribution in [0.3, 0.4) is 0 Å². The molecule has 1 aliphatic rings. The van der Waals surface area contributed by atoms with Crippen molar-refractivity contribution in [3.05, 3.63) is 17.7 Å². The summed E-state index contributed by atoms with van der Waals surface area (Å²) in [6.07, 6.45) is -4.63. The largest absolute Gasteiger partial charge is 0.417 e. The van der Waals surface area contributed by atoms with E-state index in [4.69, 9.17) is 0 Å². The third kappa shape index (κ3) is 2.60. The number of anilines is 1. The molecule has 1 saturated heterocycles. The smallest absolute Gasteiger partial charge is 0.351 e. The molecule has 4 aromatic rings. The van der Waals surface area contributed by atoms with Crippen LogP contribution in [0.4, 0.5) is 19.0 Å². The van der Waals surface area contributed by atoms with Crippen molar-refractivity contribution < 1.29 is 13.2 Å². The second-order valence-corrected chi connectivity index (χ2v) is 6.21. The van der Waals surface area contributed by atoms with Gasteiger partial charge >= 0.3 is 6.18 Å². The van der Waals surface area contributed by atoms with E-state index >= 15 is 0 Å². The number of nitrogens with one attached hydrogen (secondary N) is 2. The number of rotatable bonds is 2. The second kappa shape index (κ2) is 6.05. The van der Waals surface area contributed by atoms with Crippen molar-refractivity contribution in [1.82, 2.24) is 51.0 Å². The molecule has 144 valence electrons. The number of hydrogen-bond acceptors (Lipinski definition) is 9. The zero-order valence-corrected chi connectivity index (χ0v) is 14.1. The summed E-state index contributed by atoms with van der Waals surface area (Å²) in [7, 11) is 0. The summed E-state index contributed by atoms with van der Waals surface area (Å²) in [5.41, 5.74) is -0.345. The van der Waals surface area contributed by atoms with E-state index in [1.807, 2.05) is 4.90 Å². The molecule has 0 saturated carbocycles. The molecule has 0 amide bonds. The van der Waals surface area contributed by atoms with Gasteiger partial charge in [-0.15, -0.1) is 15.3 Å². The van der Waals surface area contributed by atoms with Crippen LogP contribution in [0.15, 0.2) is 12.1 Å². The van der Waals surface area contributed by atoms with Gasteiger partial charge in [-0.1, -0.05) is 0 Å². The Morgan fingerprint density at radius 2 is 1.89 bits per heavy atom. The predicted octanol–water partition coefficient (Wildman–Crippen LogP) is 0.281. The van der Waals surface area contributed by atoms with E-state index in [-0.39, 0.29) is 16.9 Å². The zero-order chi connectivity index (χ0) is 19.3. The minimum atomic E-state index is -4.63. The Morgan fingerprint density at radius 1 is 1.07 bits per heavy atom. The zero-order valence-electron chi connectivity index (χ0n) is 14.1. The van der Waals surface area contributed by atoms with E-state index in [9.17, 15) is 13.2 Å². The molecule has 0 spiro atoms. The molecule has 0 bridgehead atoms. The predicted molar refractivity (Wildman–Crippen MR) is 89.3 cm³/mol. The van der Waals surface area contributed by atoms with Crippen molar-refractivity contribution in [2.24, 2.45) is 0 Å². The molecule has 0 aliphatic carbocycles. The number of H-pyrrole nitrogens is 1. The summed E-state index contributed by atoms with van der Waals surface area (Å²) in [6, 6.07) is 2.24. The first-order valence-electron chi connectivity index (χ1n) is 8.35. The Labute approximate surface area is 153 Å². The lowest BCUT2D eigenvalue weighted by atomic mass is 10.0. The highest BCUT2D eigenvalue weighted by atomic mass is 19.4. The van der Waals surface area contributed by atoms with Crippen LogP contribution >= 0.6 is 0 Å². The van der Waals surface area contributed by atoms with Crippen molar-refractivity contribution in [1.29, 1.82) is 0 Å². The average molecular weight is 391 g/mol. The maximum atomic E-state index is 13.7. The van der Waals surface area contributed by atoms with Gasteiger partial charge in [0.25, 0.3) is 0 Å². The van der Waals surface area contributed by atoms with E-state index in [1.165, 1.54) is 10.6 Å². The quantitative estimate of drug-likeness (QED) is 0.495. The first-order valence-corrected chi connectivity index (χ1v) is 8.35. The number of nitrogens with zero attached hydrogens (tertiary/aromatic N) is 9. The van der Waals surface area contributed by atoms with Gasteiger partial charge < -0.3 is 10.2 Å². The number of alkyl halides is 3. The molecule has 4 heterocycles. The van der Waals surface area contributed by atoms with E-state index in [0.717, 1.165) is 19.2 Å². The van der Waals surface area contributed by atoms with E-state index < -0.39 is 11.7 Å². The molecule has 1 fully saturated rings. The molecule has 5 rings (SSSR count). The van der Waals surface area contributed by atoms with Gasteiger partial charge in [0.05, 0.1) is 16.6 Å². The Hall–Kier alpha value is -3.42. The van der Waals surface area contributed by atoms with Gasteiger partial charge in [0.1, 0.15) is 0 Å². The van der Waals surface area contributed by atoms with Crippen LogP contribution < -0.4 is 10.2 Å². The number of halogens is 3. The highest BCUT2D eigenvalue weighted by molar-refractivity contribution is 5.87. The second-order valence-electron chi connectivity index (χ2n) is 6.21. The first-order chi connectivity index (χ1) is 13.5. The van der Waals surface area contributed by atoms with Crippen LogP contribution in [0.2, 0.25) is 0 Å². The monoisotopic (exact) mass is 391 g/mol. The van der Waals surface area contributed by atoms with Gasteiger partial charge in [-0.25, -0.2) is 4.98 Å². The van der Waals surface area contributed by atoms with Crippen LogP contribution in [0.1, 0.15) is 5.56 Å². The maximum absolute atomic E-state index is 13.7. The topological polar surface area (TPSA) is 126 Å². The number of piperazine rings is 1. The number of tetrazole rings is 2. The van der Waals surface area contributed by atoms with Crippen molar-refractivity contribution >= 4 is 22.5 Å². The normalized spacial score (nSPS) is 15.6. The average Bonchev–Trinajstić information content (AvgIpc) is 3.38. The Kier molecular flexibility index (Phi) is 3.61. The van der Waals surface area contributed by atoms with Gasteiger partial charge in [0.2, 0.25) is 11.5 Å². The van der Waals surface area contributed by atoms with Crippen molar-refractivity contribution in [2.45, 2.75) is 6.18 Å². The summed E-state index contributed by atoms with van der Waals surface area (Å²) in [5, 5.41) is 27.7. The van der Waals surface area contributed by atoms with Crippen LogP contribution in [-0.4, -0.2) is 71.8 Å². The summed E-state index contributed by atoms with van der Waals surface area (Å²) in [4.78, 5) is 6.41. The van der Waals surface area contributed by atoms with Gasteiger partial charge in [-0.2, -0.15) is 22.9 Å². The molecule has 11 nitrogen and oxygen atoms in total. The van der Waals surface area contributed by atoms with Crippen LogP contribution in [0, 0.1) is 0 Å². The van der Waals surface area contributed by atoms with Crippen molar-refractivity contribution in [3.63, 3.8) is 0 Å². The van der Waals surface area contributed by atoms with Gasteiger partial charge in [-0.05, 0) is 27.8 Å².